The molecule has 1 saturated carbocycles. The Hall–Kier alpha value is -0.470. The van der Waals surface area contributed by atoms with Gasteiger partial charge in [-0.3, -0.25) is 0 Å². The molecule has 0 saturated heterocycles. The van der Waals surface area contributed by atoms with E-state index >= 15 is 0 Å². The van der Waals surface area contributed by atoms with Crippen molar-refractivity contribution >= 4 is 11.8 Å². The maximum absolute atomic E-state index is 3.79. The van der Waals surface area contributed by atoms with Crippen molar-refractivity contribution in [2.45, 2.75) is 62.8 Å². The lowest BCUT2D eigenvalue weighted by molar-refractivity contribution is 0.298. The van der Waals surface area contributed by atoms with Crippen LogP contribution in [0.15, 0.2) is 29.2 Å². The fourth-order valence-corrected chi connectivity index (χ4v) is 4.01. The van der Waals surface area contributed by atoms with Crippen molar-refractivity contribution in [3.05, 3.63) is 29.8 Å². The van der Waals surface area contributed by atoms with Gasteiger partial charge in [0.25, 0.3) is 0 Å². The first-order valence-corrected chi connectivity index (χ1v) is 9.44. The molecule has 1 unspecified atom stereocenters. The van der Waals surface area contributed by atoms with Gasteiger partial charge in [0, 0.05) is 10.9 Å². The van der Waals surface area contributed by atoms with Crippen molar-refractivity contribution in [1.29, 1.82) is 0 Å². The molecule has 0 amide bonds. The van der Waals surface area contributed by atoms with Crippen LogP contribution in [0.5, 0.6) is 0 Å². The van der Waals surface area contributed by atoms with E-state index in [-0.39, 0.29) is 0 Å². The molecule has 1 aromatic rings. The van der Waals surface area contributed by atoms with Crippen LogP contribution in [0.2, 0.25) is 0 Å². The minimum absolute atomic E-state index is 0.543. The summed E-state index contributed by atoms with van der Waals surface area (Å²) in [6.07, 6.45) is 11.9. The first-order chi connectivity index (χ1) is 9.85. The number of hydrogen-bond acceptors (Lipinski definition) is 2. The standard InChI is InChI=1S/C18H29NS/c1-3-13-19-17(14-15-9-5-4-6-10-15)16-11-7-8-12-18(16)20-2/h7-8,11-12,15,17,19H,3-6,9-10,13-14H2,1-2H3. The Balaban J connectivity index is 2.08. The van der Waals surface area contributed by atoms with Crippen LogP contribution in [0.25, 0.3) is 0 Å². The Morgan fingerprint density at radius 2 is 1.95 bits per heavy atom. The first-order valence-electron chi connectivity index (χ1n) is 8.21. The summed E-state index contributed by atoms with van der Waals surface area (Å²) in [6.45, 7) is 3.38. The zero-order valence-corrected chi connectivity index (χ0v) is 13.8. The summed E-state index contributed by atoms with van der Waals surface area (Å²) in [6, 6.07) is 9.48. The molecule has 0 heterocycles. The van der Waals surface area contributed by atoms with Crippen LogP contribution in [-0.2, 0) is 0 Å². The molecule has 1 atom stereocenters. The van der Waals surface area contributed by atoms with E-state index in [9.17, 15) is 0 Å². The van der Waals surface area contributed by atoms with Gasteiger partial charge in [0.2, 0.25) is 0 Å². The Labute approximate surface area is 128 Å². The van der Waals surface area contributed by atoms with E-state index in [0.29, 0.717) is 6.04 Å². The van der Waals surface area contributed by atoms with E-state index in [2.05, 4.69) is 42.8 Å². The minimum Gasteiger partial charge on any atom is -0.310 e. The highest BCUT2D eigenvalue weighted by molar-refractivity contribution is 7.98. The van der Waals surface area contributed by atoms with Crippen molar-refractivity contribution in [3.8, 4) is 0 Å². The van der Waals surface area contributed by atoms with Crippen molar-refractivity contribution in [2.75, 3.05) is 12.8 Å². The van der Waals surface area contributed by atoms with Gasteiger partial charge in [0.05, 0.1) is 0 Å². The second-order valence-electron chi connectivity index (χ2n) is 5.99. The van der Waals surface area contributed by atoms with Gasteiger partial charge in [-0.05, 0) is 43.2 Å². The van der Waals surface area contributed by atoms with Crippen LogP contribution in [0.1, 0.15) is 63.5 Å². The molecular formula is C18H29NS. The molecule has 1 N–H and O–H groups in total. The topological polar surface area (TPSA) is 12.0 Å². The number of rotatable bonds is 7. The SMILES string of the molecule is CCCNC(CC1CCCCC1)c1ccccc1SC. The molecule has 1 aromatic carbocycles. The smallest absolute Gasteiger partial charge is 0.0333 e. The summed E-state index contributed by atoms with van der Waals surface area (Å²) in [5, 5.41) is 3.79. The maximum atomic E-state index is 3.79. The number of hydrogen-bond donors (Lipinski definition) is 1. The molecule has 0 radical (unpaired) electrons. The van der Waals surface area contributed by atoms with Gasteiger partial charge in [-0.1, -0.05) is 57.2 Å². The second kappa shape index (κ2) is 8.74. The highest BCUT2D eigenvalue weighted by Crippen LogP contribution is 2.34. The largest absolute Gasteiger partial charge is 0.310 e. The quantitative estimate of drug-likeness (QED) is 0.673. The van der Waals surface area contributed by atoms with Crippen molar-refractivity contribution in [2.24, 2.45) is 5.92 Å². The van der Waals surface area contributed by atoms with E-state index < -0.39 is 0 Å². The molecule has 1 nitrogen and oxygen atoms in total. The zero-order valence-electron chi connectivity index (χ0n) is 13.0. The number of thioether (sulfide) groups is 1. The fourth-order valence-electron chi connectivity index (χ4n) is 3.35. The van der Waals surface area contributed by atoms with E-state index in [4.69, 9.17) is 0 Å². The summed E-state index contributed by atoms with van der Waals surface area (Å²) >= 11 is 1.88. The Morgan fingerprint density at radius 1 is 1.20 bits per heavy atom. The number of benzene rings is 1. The fraction of sp³-hybridized carbons (Fsp3) is 0.667. The van der Waals surface area contributed by atoms with Crippen molar-refractivity contribution < 1.29 is 0 Å². The van der Waals surface area contributed by atoms with Crippen LogP contribution >= 0.6 is 11.8 Å². The average Bonchev–Trinajstić information content (AvgIpc) is 2.52. The molecular weight excluding hydrogens is 262 g/mol. The molecule has 0 aromatic heterocycles. The van der Waals surface area contributed by atoms with Crippen LogP contribution in [0.3, 0.4) is 0 Å². The summed E-state index contributed by atoms with van der Waals surface area (Å²) in [4.78, 5) is 1.44. The molecule has 1 aliphatic rings. The molecule has 1 fully saturated rings. The highest BCUT2D eigenvalue weighted by Gasteiger charge is 2.21. The summed E-state index contributed by atoms with van der Waals surface area (Å²) in [7, 11) is 0. The molecule has 1 aliphatic carbocycles. The lowest BCUT2D eigenvalue weighted by atomic mass is 9.83. The summed E-state index contributed by atoms with van der Waals surface area (Å²) in [5.74, 6) is 0.924. The Morgan fingerprint density at radius 3 is 2.65 bits per heavy atom. The minimum atomic E-state index is 0.543. The zero-order chi connectivity index (χ0) is 14.2. The van der Waals surface area contributed by atoms with E-state index in [1.165, 1.54) is 55.4 Å². The Kier molecular flexibility index (Phi) is 6.95. The third-order valence-corrected chi connectivity index (χ3v) is 5.26. The highest BCUT2D eigenvalue weighted by atomic mass is 32.2. The third-order valence-electron chi connectivity index (χ3n) is 4.45. The second-order valence-corrected chi connectivity index (χ2v) is 6.84. The monoisotopic (exact) mass is 291 g/mol. The first kappa shape index (κ1) is 15.9. The molecule has 112 valence electrons. The molecule has 20 heavy (non-hydrogen) atoms. The van der Waals surface area contributed by atoms with E-state index in [1.807, 2.05) is 11.8 Å². The van der Waals surface area contributed by atoms with Gasteiger partial charge in [-0.25, -0.2) is 0 Å². The molecule has 0 spiro atoms. The molecule has 2 rings (SSSR count). The van der Waals surface area contributed by atoms with E-state index in [0.717, 1.165) is 12.5 Å². The van der Waals surface area contributed by atoms with Gasteiger partial charge in [-0.2, -0.15) is 0 Å². The van der Waals surface area contributed by atoms with Crippen LogP contribution < -0.4 is 5.32 Å². The normalized spacial score (nSPS) is 18.1. The molecule has 2 heteroatoms. The van der Waals surface area contributed by atoms with Gasteiger partial charge in [0.1, 0.15) is 0 Å². The van der Waals surface area contributed by atoms with Crippen LogP contribution in [0.4, 0.5) is 0 Å². The van der Waals surface area contributed by atoms with Crippen molar-refractivity contribution in [3.63, 3.8) is 0 Å². The predicted octanol–water partition coefficient (Wildman–Crippen LogP) is 5.42. The van der Waals surface area contributed by atoms with Gasteiger partial charge in [0.15, 0.2) is 0 Å². The van der Waals surface area contributed by atoms with Gasteiger partial charge >= 0.3 is 0 Å². The average molecular weight is 292 g/mol. The summed E-state index contributed by atoms with van der Waals surface area (Å²) in [5.41, 5.74) is 1.51. The molecule has 0 bridgehead atoms. The predicted molar refractivity (Wildman–Crippen MR) is 90.4 cm³/mol. The van der Waals surface area contributed by atoms with E-state index in [1.54, 1.807) is 0 Å². The molecule has 0 aliphatic heterocycles. The lowest BCUT2D eigenvalue weighted by Gasteiger charge is -2.28. The summed E-state index contributed by atoms with van der Waals surface area (Å²) < 4.78 is 0. The Bertz CT molecular complexity index is 385. The van der Waals surface area contributed by atoms with Gasteiger partial charge in [-0.15, -0.1) is 11.8 Å². The van der Waals surface area contributed by atoms with Crippen LogP contribution in [-0.4, -0.2) is 12.8 Å². The maximum Gasteiger partial charge on any atom is 0.0333 e. The van der Waals surface area contributed by atoms with Crippen molar-refractivity contribution in [1.82, 2.24) is 5.32 Å². The third kappa shape index (κ3) is 4.53. The lowest BCUT2D eigenvalue weighted by Crippen LogP contribution is -2.25. The number of nitrogens with one attached hydrogen (secondary N) is 1. The van der Waals surface area contributed by atoms with Gasteiger partial charge < -0.3 is 5.32 Å². The van der Waals surface area contributed by atoms with Crippen LogP contribution in [0, 0.1) is 5.92 Å².